The molecule has 0 radical (unpaired) electrons. The van der Waals surface area contributed by atoms with Crippen LogP contribution in [0.2, 0.25) is 0 Å². The molecule has 4 aromatic heterocycles. The molecule has 0 fully saturated rings. The van der Waals surface area contributed by atoms with Gasteiger partial charge in [-0.3, -0.25) is 54.1 Å². The smallest absolute Gasteiger partial charge is 1.00 e. The van der Waals surface area contributed by atoms with Gasteiger partial charge in [0, 0.05) is 93.3 Å². The fourth-order valence-corrected chi connectivity index (χ4v) is 8.34. The zero-order chi connectivity index (χ0) is 54.2. The van der Waals surface area contributed by atoms with Crippen molar-refractivity contribution in [3.8, 4) is 0 Å². The molecule has 10 aromatic rings. The van der Waals surface area contributed by atoms with Crippen LogP contribution in [0.3, 0.4) is 0 Å². The first-order chi connectivity index (χ1) is 36.5. The summed E-state index contributed by atoms with van der Waals surface area (Å²) in [5.74, 6) is -3.09. The number of aldehydes is 1. The molecule has 0 spiro atoms. The number of rotatable bonds is 5. The van der Waals surface area contributed by atoms with Crippen LogP contribution in [0.1, 0.15) is 107 Å². The van der Waals surface area contributed by atoms with Crippen LogP contribution in [0.15, 0.2) is 170 Å². The average Bonchev–Trinajstić information content (AvgIpc) is 4.02. The molecule has 4 N–H and O–H groups in total. The van der Waals surface area contributed by atoms with E-state index in [4.69, 9.17) is 5.73 Å². The van der Waals surface area contributed by atoms with Crippen LogP contribution < -0.4 is 28.0 Å². The number of halogens is 5. The molecule has 0 saturated heterocycles. The molecule has 0 aliphatic carbocycles. The van der Waals surface area contributed by atoms with E-state index in [1.165, 1.54) is 30.3 Å². The zero-order valence-electron chi connectivity index (χ0n) is 42.9. The van der Waals surface area contributed by atoms with Gasteiger partial charge < -0.3 is 35.2 Å². The van der Waals surface area contributed by atoms with Gasteiger partial charge in [-0.15, -0.1) is 0 Å². The van der Waals surface area contributed by atoms with E-state index in [0.29, 0.717) is 67.3 Å². The normalized spacial score (nSPS) is 12.9. The van der Waals surface area contributed by atoms with E-state index in [1.807, 2.05) is 24.3 Å². The minimum Gasteiger partial charge on any atom is -1.00 e. The molecule has 2 aliphatic rings. The van der Waals surface area contributed by atoms with Gasteiger partial charge in [-0.25, -0.2) is 17.6 Å². The largest absolute Gasteiger partial charge is 2.00 e. The number of aliphatic hydroxyl groups is 1. The van der Waals surface area contributed by atoms with E-state index in [1.54, 1.807) is 137 Å². The number of nitrogens with one attached hydrogen (secondary N) is 1. The topological polar surface area (TPSA) is 198 Å². The van der Waals surface area contributed by atoms with E-state index in [2.05, 4.69) is 25.3 Å². The number of nitrogens with zero attached hydrogens (tertiary/aromatic N) is 5. The van der Waals surface area contributed by atoms with E-state index in [9.17, 15) is 46.6 Å². The molecule has 6 aromatic carbocycles. The maximum atomic E-state index is 14.5. The van der Waals surface area contributed by atoms with Crippen LogP contribution in [0, 0.1) is 30.7 Å². The van der Waals surface area contributed by atoms with Gasteiger partial charge in [-0.2, -0.15) is 0 Å². The van der Waals surface area contributed by atoms with Crippen molar-refractivity contribution >= 4 is 96.6 Å². The summed E-state index contributed by atoms with van der Waals surface area (Å²) in [6.07, 6.45) is 6.15. The van der Waals surface area contributed by atoms with Gasteiger partial charge in [0.05, 0.1) is 62.0 Å². The van der Waals surface area contributed by atoms with Crippen molar-refractivity contribution in [3.63, 3.8) is 0 Å². The van der Waals surface area contributed by atoms with Gasteiger partial charge >= 0.3 is 23.1 Å². The summed E-state index contributed by atoms with van der Waals surface area (Å²) in [6, 6.07) is 38.7. The number of nitrogens with two attached hydrogens (primary N) is 1. The van der Waals surface area contributed by atoms with Crippen molar-refractivity contribution in [3.05, 3.63) is 246 Å². The number of fused-ring (bicyclic) bond motifs is 6. The molecule has 0 bridgehead atoms. The molecule has 396 valence electrons. The fraction of sp³-hybridized carbons (Fsp3) is 0.100. The van der Waals surface area contributed by atoms with E-state index in [0.717, 1.165) is 26.4 Å². The first-order valence-corrected chi connectivity index (χ1v) is 23.5. The molecule has 79 heavy (non-hydrogen) atoms. The van der Waals surface area contributed by atoms with Crippen molar-refractivity contribution in [2.45, 2.75) is 39.0 Å². The third-order valence-electron chi connectivity index (χ3n) is 12.3. The molecule has 4 amide bonds. The van der Waals surface area contributed by atoms with Gasteiger partial charge in [0.1, 0.15) is 23.3 Å². The molecule has 12 rings (SSSR count). The first kappa shape index (κ1) is 61.6. The maximum absolute atomic E-state index is 14.5. The molecule has 13 nitrogen and oxygen atoms in total. The van der Waals surface area contributed by atoms with Crippen LogP contribution >= 0.6 is 0 Å². The predicted octanol–water partition coefficient (Wildman–Crippen LogP) is 8.38. The Balaban J connectivity index is 0.000000186. The molecule has 3 unspecified atom stereocenters. The Morgan fingerprint density at radius 3 is 1.24 bits per heavy atom. The Hall–Kier alpha value is -8.20. The Morgan fingerprint density at radius 1 is 0.506 bits per heavy atom. The molecule has 0 saturated carbocycles. The Bertz CT molecular complexity index is 3730. The van der Waals surface area contributed by atoms with Gasteiger partial charge in [0.25, 0.3) is 23.6 Å². The van der Waals surface area contributed by atoms with E-state index in [-0.39, 0.29) is 76.7 Å². The fourth-order valence-electron chi connectivity index (χ4n) is 8.34. The molecule has 19 heteroatoms. The quantitative estimate of drug-likeness (QED) is 0.0492. The summed E-state index contributed by atoms with van der Waals surface area (Å²) in [5, 5.41) is 14.8. The van der Waals surface area contributed by atoms with Crippen molar-refractivity contribution in [2.75, 3.05) is 0 Å². The predicted molar refractivity (Wildman–Crippen MR) is 291 cm³/mol. The average molecular weight is 1140 g/mol. The van der Waals surface area contributed by atoms with Gasteiger partial charge in [-0.05, 0) is 93.6 Å². The third-order valence-corrected chi connectivity index (χ3v) is 12.3. The van der Waals surface area contributed by atoms with Crippen LogP contribution in [-0.2, 0) is 0 Å². The SMILES string of the molecule is CC(N)c1cc2cccnc2cc1F.CC(O)c1cc2cccnc2cc1F.CC(c1cc2cccnc2cc1F)N1C(=O)c2ccccc2C1=O.O=C1NC(=O)c2ccccc21.O=Cc1cc2cccnc2cc1F.[Br-].[CH3-].[Mg+2]. The van der Waals surface area contributed by atoms with Crippen molar-refractivity contribution in [1.82, 2.24) is 30.2 Å². The van der Waals surface area contributed by atoms with Crippen molar-refractivity contribution in [2.24, 2.45) is 5.73 Å². The van der Waals surface area contributed by atoms with Gasteiger partial charge in [0.15, 0.2) is 6.29 Å². The molecular weight excluding hydrogens is 1090 g/mol. The Morgan fingerprint density at radius 2 is 0.848 bits per heavy atom. The van der Waals surface area contributed by atoms with E-state index >= 15 is 0 Å². The van der Waals surface area contributed by atoms with Crippen molar-refractivity contribution < 1.29 is 63.6 Å². The van der Waals surface area contributed by atoms with Gasteiger partial charge in [-0.1, -0.05) is 48.5 Å². The van der Waals surface area contributed by atoms with Crippen molar-refractivity contribution in [1.29, 1.82) is 0 Å². The number of amides is 4. The summed E-state index contributed by atoms with van der Waals surface area (Å²) in [7, 11) is 0. The molecule has 6 heterocycles. The number of hydrogen-bond acceptors (Lipinski definition) is 11. The second-order valence-corrected chi connectivity index (χ2v) is 17.4. The second-order valence-electron chi connectivity index (χ2n) is 17.4. The number of aliphatic hydroxyl groups excluding tert-OH is 1. The van der Waals surface area contributed by atoms with E-state index < -0.39 is 41.4 Å². The molecule has 3 atom stereocenters. The standard InChI is InChI=1S/C19H13FN2O2.C11H11FN2.C11H10FNO.C10H6FNO.C8H5NO2.CH3.BrH.Mg/c1-11(15-9-12-5-4-8-21-17(12)10-16(15)20)22-18(23)13-6-2-3-7-14(13)19(22)24;1-7(13)9-5-8-3-2-4-14-11(8)6-10(9)12;1-7(14)9-5-8-3-2-4-13-11(8)6-10(9)12;11-9-5-10-7(2-1-3-12-10)4-8(9)6-13;10-7-5-3-1-2-4-6(5)8(11)9-7;;;/h2-11H,1H3;2-7H,13H2,1H3;2-7,14H,1H3;1-6H;1-4H,(H,9,10,11);1H3;1H;/q;;;;;-1;;+2/p-1. The Kier molecular flexibility index (Phi) is 21.4. The minimum atomic E-state index is -0.792. The number of carbonyl (C=O) groups excluding carboxylic acids is 5. The number of benzene rings is 6. The van der Waals surface area contributed by atoms with Crippen LogP contribution in [0.5, 0.6) is 0 Å². The van der Waals surface area contributed by atoms with Crippen LogP contribution in [0.25, 0.3) is 43.6 Å². The van der Waals surface area contributed by atoms with Gasteiger partial charge in [0.2, 0.25) is 0 Å². The van der Waals surface area contributed by atoms with Crippen LogP contribution in [-0.4, -0.2) is 82.9 Å². The summed E-state index contributed by atoms with van der Waals surface area (Å²) >= 11 is 0. The zero-order valence-corrected chi connectivity index (χ0v) is 45.9. The summed E-state index contributed by atoms with van der Waals surface area (Å²) < 4.78 is 54.4. The summed E-state index contributed by atoms with van der Waals surface area (Å²) in [5.41, 5.74) is 10.9. The second kappa shape index (κ2) is 27.4. The third kappa shape index (κ3) is 13.9. The minimum absolute atomic E-state index is 0. The summed E-state index contributed by atoms with van der Waals surface area (Å²) in [6.45, 7) is 4.96. The molecule has 2 aliphatic heterocycles. The number of pyridine rings is 4. The number of imide groups is 2. The number of aromatic nitrogens is 4. The summed E-state index contributed by atoms with van der Waals surface area (Å²) in [4.78, 5) is 74.7. The molecular formula is C60H48BrF4MgN7O6. The number of carbonyl (C=O) groups is 5. The van der Waals surface area contributed by atoms with Crippen LogP contribution in [0.4, 0.5) is 17.6 Å². The number of hydrogen-bond donors (Lipinski definition) is 3. The maximum Gasteiger partial charge on any atom is 2.00 e. The Labute approximate surface area is 477 Å². The monoisotopic (exact) mass is 1140 g/mol. The first-order valence-electron chi connectivity index (χ1n) is 23.5.